The van der Waals surface area contributed by atoms with Crippen LogP contribution in [0, 0.1) is 17.1 Å². The van der Waals surface area contributed by atoms with Gasteiger partial charge in [-0.3, -0.25) is 4.21 Å². The summed E-state index contributed by atoms with van der Waals surface area (Å²) in [6.07, 6.45) is 3.07. The summed E-state index contributed by atoms with van der Waals surface area (Å²) < 4.78 is 31.8. The van der Waals surface area contributed by atoms with E-state index in [9.17, 15) is 8.60 Å². The monoisotopic (exact) mass is 341 g/mol. The molecule has 0 N–H and O–H groups in total. The minimum Gasteiger partial charge on any atom is -0.457 e. The highest BCUT2D eigenvalue weighted by Crippen LogP contribution is 2.42. The topological polar surface area (TPSA) is 50.1 Å². The van der Waals surface area contributed by atoms with Gasteiger partial charge in [-0.2, -0.15) is 5.26 Å². The molecule has 0 heterocycles. The summed E-state index contributed by atoms with van der Waals surface area (Å²) in [6.45, 7) is 4.05. The van der Waals surface area contributed by atoms with Crippen molar-refractivity contribution in [3.63, 3.8) is 0 Å². The first kappa shape index (κ1) is 16.3. The number of benzene rings is 2. The third kappa shape index (κ3) is 2.93. The molecule has 2 aromatic carbocycles. The first-order valence-corrected chi connectivity index (χ1v) is 9.48. The van der Waals surface area contributed by atoms with E-state index in [1.165, 1.54) is 12.1 Å². The van der Waals surface area contributed by atoms with Crippen molar-refractivity contribution in [2.24, 2.45) is 0 Å². The van der Waals surface area contributed by atoms with E-state index in [0.29, 0.717) is 17.1 Å². The van der Waals surface area contributed by atoms with Crippen molar-refractivity contribution in [1.82, 2.24) is 0 Å². The molecule has 0 bridgehead atoms. The van der Waals surface area contributed by atoms with Gasteiger partial charge in [0.1, 0.15) is 17.3 Å². The summed E-state index contributed by atoms with van der Waals surface area (Å²) in [5.41, 5.74) is 2.84. The molecule has 0 aliphatic heterocycles. The third-order valence-electron chi connectivity index (χ3n) is 3.96. The van der Waals surface area contributed by atoms with Gasteiger partial charge in [0.2, 0.25) is 0 Å². The van der Waals surface area contributed by atoms with Gasteiger partial charge in [0.05, 0.1) is 11.6 Å². The summed E-state index contributed by atoms with van der Waals surface area (Å²) in [4.78, 5) is 0.671. The number of fused-ring (bicyclic) bond motifs is 1. The molecule has 1 unspecified atom stereocenters. The standard InChI is InChI=1S/C19H16FNO2S/c1-12-4-5-16-17(6-7-18(19(12)16)24(2,3)22)23-15-9-13(11-21)8-14(20)10-15/h6-10H,1-2,4-5H2,3H3. The van der Waals surface area contributed by atoms with Gasteiger partial charge in [-0.25, -0.2) is 4.39 Å². The van der Waals surface area contributed by atoms with Gasteiger partial charge in [-0.05, 0) is 63.6 Å². The minimum absolute atomic E-state index is 0.192. The molecular weight excluding hydrogens is 325 g/mol. The number of ether oxygens (including phenoxy) is 1. The number of nitrogens with zero attached hydrogens (tertiary/aromatic N) is 1. The van der Waals surface area contributed by atoms with E-state index < -0.39 is 15.3 Å². The van der Waals surface area contributed by atoms with Crippen LogP contribution in [0.5, 0.6) is 11.5 Å². The van der Waals surface area contributed by atoms with Crippen LogP contribution in [0.25, 0.3) is 5.57 Å². The quantitative estimate of drug-likeness (QED) is 0.788. The number of rotatable bonds is 3. The fourth-order valence-corrected chi connectivity index (χ4v) is 3.97. The lowest BCUT2D eigenvalue weighted by Crippen LogP contribution is -2.02. The molecule has 0 saturated carbocycles. The number of nitriles is 1. The van der Waals surface area contributed by atoms with Gasteiger partial charge in [-0.15, -0.1) is 0 Å². The SMILES string of the molecule is C=C1CCc2c(Oc3cc(F)cc(C#N)c3)ccc(S(=C)(C)=O)c21. The van der Waals surface area contributed by atoms with Gasteiger partial charge < -0.3 is 4.74 Å². The third-order valence-corrected chi connectivity index (χ3v) is 5.23. The molecular formula is C19H16FNO2S. The first-order chi connectivity index (χ1) is 11.3. The van der Waals surface area contributed by atoms with Gasteiger partial charge in [0.15, 0.2) is 0 Å². The molecule has 1 aliphatic carbocycles. The van der Waals surface area contributed by atoms with Crippen molar-refractivity contribution < 1.29 is 13.3 Å². The summed E-state index contributed by atoms with van der Waals surface area (Å²) in [5.74, 6) is 4.05. The Morgan fingerprint density at radius 3 is 2.71 bits per heavy atom. The summed E-state index contributed by atoms with van der Waals surface area (Å²) in [7, 11) is -2.39. The van der Waals surface area contributed by atoms with Crippen molar-refractivity contribution in [2.45, 2.75) is 17.7 Å². The maximum atomic E-state index is 13.6. The van der Waals surface area contributed by atoms with Gasteiger partial charge >= 0.3 is 0 Å². The molecule has 3 nitrogen and oxygen atoms in total. The Morgan fingerprint density at radius 2 is 2.04 bits per heavy atom. The summed E-state index contributed by atoms with van der Waals surface area (Å²) in [6, 6.07) is 9.21. The minimum atomic E-state index is -2.39. The lowest BCUT2D eigenvalue weighted by Gasteiger charge is -2.15. The first-order valence-electron chi connectivity index (χ1n) is 7.34. The normalized spacial score (nSPS) is 15.5. The second-order valence-corrected chi connectivity index (χ2v) is 8.36. The van der Waals surface area contributed by atoms with Gasteiger partial charge in [0.25, 0.3) is 0 Å². The van der Waals surface area contributed by atoms with E-state index in [2.05, 4.69) is 12.4 Å². The number of halogens is 1. The van der Waals surface area contributed by atoms with Crippen molar-refractivity contribution in [1.29, 1.82) is 5.26 Å². The molecule has 0 radical (unpaired) electrons. The van der Waals surface area contributed by atoms with Crippen LogP contribution in [0.3, 0.4) is 0 Å². The van der Waals surface area contributed by atoms with Crippen LogP contribution < -0.4 is 4.74 Å². The molecule has 0 amide bonds. The lowest BCUT2D eigenvalue weighted by molar-refractivity contribution is 0.471. The second kappa shape index (κ2) is 5.81. The Morgan fingerprint density at radius 1 is 1.29 bits per heavy atom. The molecule has 24 heavy (non-hydrogen) atoms. The summed E-state index contributed by atoms with van der Waals surface area (Å²) in [5, 5.41) is 8.95. The molecule has 122 valence electrons. The van der Waals surface area contributed by atoms with E-state index in [-0.39, 0.29) is 11.3 Å². The second-order valence-electron chi connectivity index (χ2n) is 5.91. The zero-order valence-electron chi connectivity index (χ0n) is 13.3. The van der Waals surface area contributed by atoms with Crippen molar-refractivity contribution in [2.75, 3.05) is 6.26 Å². The maximum Gasteiger partial charge on any atom is 0.131 e. The summed E-state index contributed by atoms with van der Waals surface area (Å²) >= 11 is 0. The zero-order valence-corrected chi connectivity index (χ0v) is 14.1. The number of hydrogen-bond acceptors (Lipinski definition) is 3. The van der Waals surface area contributed by atoms with Crippen LogP contribution in [0.1, 0.15) is 23.1 Å². The lowest BCUT2D eigenvalue weighted by atomic mass is 10.1. The highest BCUT2D eigenvalue weighted by Gasteiger charge is 2.25. The maximum absolute atomic E-state index is 13.6. The Labute approximate surface area is 141 Å². The number of allylic oxidation sites excluding steroid dienone is 1. The van der Waals surface area contributed by atoms with Crippen molar-refractivity contribution in [3.05, 3.63) is 59.4 Å². The van der Waals surface area contributed by atoms with Crippen LogP contribution in [0.15, 0.2) is 41.8 Å². The average molecular weight is 341 g/mol. The molecule has 1 atom stereocenters. The Bertz CT molecular complexity index is 1000. The van der Waals surface area contributed by atoms with Crippen molar-refractivity contribution >= 4 is 21.0 Å². The van der Waals surface area contributed by atoms with Crippen LogP contribution in [0.2, 0.25) is 0 Å². The average Bonchev–Trinajstić information content (AvgIpc) is 2.88. The van der Waals surface area contributed by atoms with E-state index in [1.54, 1.807) is 18.4 Å². The number of hydrogen-bond donors (Lipinski definition) is 0. The zero-order chi connectivity index (χ0) is 17.5. The predicted molar refractivity (Wildman–Crippen MR) is 94.4 cm³/mol. The molecule has 0 saturated heterocycles. The Hall–Kier alpha value is -2.58. The largest absolute Gasteiger partial charge is 0.457 e. The van der Waals surface area contributed by atoms with E-state index in [4.69, 9.17) is 10.00 Å². The highest BCUT2D eigenvalue weighted by molar-refractivity contribution is 7.99. The molecule has 2 aromatic rings. The van der Waals surface area contributed by atoms with E-state index in [0.717, 1.165) is 29.2 Å². The van der Waals surface area contributed by atoms with Gasteiger partial charge in [0, 0.05) is 22.8 Å². The van der Waals surface area contributed by atoms with Gasteiger partial charge in [-0.1, -0.05) is 6.58 Å². The fraction of sp³-hybridized carbons (Fsp3) is 0.158. The molecule has 0 fully saturated rings. The molecule has 0 aromatic heterocycles. The van der Waals surface area contributed by atoms with Crippen LogP contribution >= 0.6 is 0 Å². The molecule has 3 rings (SSSR count). The predicted octanol–water partition coefficient (Wildman–Crippen LogP) is 4.15. The molecule has 1 aliphatic rings. The Balaban J connectivity index is 2.10. The molecule has 0 spiro atoms. The highest BCUT2D eigenvalue weighted by atomic mass is 32.2. The molecule has 5 heteroatoms. The smallest absolute Gasteiger partial charge is 0.131 e. The fourth-order valence-electron chi connectivity index (χ4n) is 2.91. The Kier molecular flexibility index (Phi) is 3.94. The van der Waals surface area contributed by atoms with Crippen LogP contribution in [0.4, 0.5) is 4.39 Å². The van der Waals surface area contributed by atoms with Crippen LogP contribution in [-0.4, -0.2) is 16.3 Å². The van der Waals surface area contributed by atoms with Crippen molar-refractivity contribution in [3.8, 4) is 17.6 Å². The van der Waals surface area contributed by atoms with E-state index in [1.807, 2.05) is 6.07 Å². The van der Waals surface area contributed by atoms with Crippen LogP contribution in [-0.2, 0) is 15.9 Å². The van der Waals surface area contributed by atoms with E-state index >= 15 is 0 Å².